The van der Waals surface area contributed by atoms with Gasteiger partial charge in [0.25, 0.3) is 0 Å². The summed E-state index contributed by atoms with van der Waals surface area (Å²) in [6, 6.07) is -2.01. The lowest BCUT2D eigenvalue weighted by Gasteiger charge is -2.21. The van der Waals surface area contributed by atoms with E-state index in [1.165, 1.54) is 6.34 Å². The Morgan fingerprint density at radius 3 is 2.68 bits per heavy atom. The number of amides is 1. The zero-order chi connectivity index (χ0) is 14.4. The van der Waals surface area contributed by atoms with Crippen molar-refractivity contribution in [2.24, 2.45) is 21.6 Å². The number of carboxylic acid groups (broad SMARTS) is 1. The Bertz CT molecular complexity index is 382. The van der Waals surface area contributed by atoms with E-state index in [4.69, 9.17) is 10.8 Å². The molecule has 0 aromatic rings. The number of aliphatic imine (C=N–C) groups is 2. The van der Waals surface area contributed by atoms with Crippen LogP contribution in [0.3, 0.4) is 0 Å². The minimum Gasteiger partial charge on any atom is -0.480 e. The number of aliphatic carboxylic acids is 1. The number of nitrogens with one attached hydrogen (secondary N) is 1. The van der Waals surface area contributed by atoms with Crippen LogP contribution >= 0.6 is 0 Å². The first-order valence-electron chi connectivity index (χ1n) is 6.29. The fourth-order valence-electron chi connectivity index (χ4n) is 1.67. The third-order valence-electron chi connectivity index (χ3n) is 3.23. The number of carbonyl (C=O) groups is 2. The molecule has 0 aromatic carbocycles. The fourth-order valence-corrected chi connectivity index (χ4v) is 1.67. The van der Waals surface area contributed by atoms with Gasteiger partial charge in [-0.15, -0.1) is 0 Å². The summed E-state index contributed by atoms with van der Waals surface area (Å²) >= 11 is 0. The lowest BCUT2D eigenvalue weighted by atomic mass is 9.98. The number of rotatable bonds is 7. The first kappa shape index (κ1) is 15.3. The van der Waals surface area contributed by atoms with Gasteiger partial charge in [0.15, 0.2) is 0 Å². The highest BCUT2D eigenvalue weighted by atomic mass is 16.4. The van der Waals surface area contributed by atoms with Crippen LogP contribution in [-0.4, -0.2) is 47.7 Å². The van der Waals surface area contributed by atoms with E-state index in [-0.39, 0.29) is 18.4 Å². The molecule has 0 fully saturated rings. The van der Waals surface area contributed by atoms with Crippen LogP contribution in [0.15, 0.2) is 9.98 Å². The molecule has 1 amide bonds. The largest absolute Gasteiger partial charge is 0.480 e. The highest BCUT2D eigenvalue weighted by Gasteiger charge is 2.27. The second-order valence-electron chi connectivity index (χ2n) is 4.68. The Morgan fingerprint density at radius 1 is 1.53 bits per heavy atom. The topological polar surface area (TPSA) is 117 Å². The summed E-state index contributed by atoms with van der Waals surface area (Å²) < 4.78 is 0. The minimum absolute atomic E-state index is 0.000471. The van der Waals surface area contributed by atoms with Crippen LogP contribution in [0.1, 0.15) is 26.7 Å². The molecule has 1 rings (SSSR count). The molecule has 106 valence electrons. The SMILES string of the molecule is CC[C@@H](C)[C@H](N)C(=O)N[C@H](C[C@@H]1C=NC=N1)C(=O)O. The van der Waals surface area contributed by atoms with E-state index in [2.05, 4.69) is 15.3 Å². The van der Waals surface area contributed by atoms with Gasteiger partial charge in [0, 0.05) is 12.6 Å². The maximum Gasteiger partial charge on any atom is 0.326 e. The van der Waals surface area contributed by atoms with Gasteiger partial charge in [-0.25, -0.2) is 9.79 Å². The number of carbonyl (C=O) groups excluding carboxylic acids is 1. The summed E-state index contributed by atoms with van der Waals surface area (Å²) in [5.74, 6) is -1.54. The number of nitrogens with zero attached hydrogens (tertiary/aromatic N) is 2. The molecule has 0 saturated heterocycles. The Balaban J connectivity index is 2.58. The average molecular weight is 268 g/mol. The van der Waals surface area contributed by atoms with Crippen molar-refractivity contribution in [3.05, 3.63) is 0 Å². The molecular formula is C12H20N4O3. The van der Waals surface area contributed by atoms with Gasteiger partial charge in [-0.05, 0) is 5.92 Å². The normalized spacial score (nSPS) is 21.9. The summed E-state index contributed by atoms with van der Waals surface area (Å²) in [7, 11) is 0. The lowest BCUT2D eigenvalue weighted by molar-refractivity contribution is -0.142. The van der Waals surface area contributed by atoms with Crippen molar-refractivity contribution >= 4 is 24.4 Å². The third kappa shape index (κ3) is 4.44. The third-order valence-corrected chi connectivity index (χ3v) is 3.23. The number of nitrogens with two attached hydrogens (primary N) is 1. The van der Waals surface area contributed by atoms with Gasteiger partial charge in [0.05, 0.1) is 12.1 Å². The monoisotopic (exact) mass is 268 g/mol. The second kappa shape index (κ2) is 6.98. The molecule has 0 bridgehead atoms. The maximum absolute atomic E-state index is 11.9. The molecule has 4 N–H and O–H groups in total. The van der Waals surface area contributed by atoms with Gasteiger partial charge < -0.3 is 16.2 Å². The summed E-state index contributed by atoms with van der Waals surface area (Å²) in [6.07, 6.45) is 3.85. The molecule has 0 unspecified atom stereocenters. The molecule has 0 aliphatic carbocycles. The van der Waals surface area contributed by atoms with E-state index < -0.39 is 24.0 Å². The van der Waals surface area contributed by atoms with Crippen molar-refractivity contribution in [2.75, 3.05) is 0 Å². The van der Waals surface area contributed by atoms with Crippen molar-refractivity contribution < 1.29 is 14.7 Å². The smallest absolute Gasteiger partial charge is 0.326 e. The Labute approximate surface area is 112 Å². The van der Waals surface area contributed by atoms with E-state index in [9.17, 15) is 9.59 Å². The van der Waals surface area contributed by atoms with Gasteiger partial charge in [-0.1, -0.05) is 20.3 Å². The first-order chi connectivity index (χ1) is 8.95. The predicted molar refractivity (Wildman–Crippen MR) is 72.4 cm³/mol. The second-order valence-corrected chi connectivity index (χ2v) is 4.68. The molecule has 0 saturated carbocycles. The Hall–Kier alpha value is -1.76. The minimum atomic E-state index is -1.10. The molecule has 1 heterocycles. The first-order valence-corrected chi connectivity index (χ1v) is 6.29. The zero-order valence-electron chi connectivity index (χ0n) is 11.1. The van der Waals surface area contributed by atoms with Crippen LogP contribution in [0.25, 0.3) is 0 Å². The molecule has 7 heteroatoms. The van der Waals surface area contributed by atoms with Gasteiger partial charge in [0.2, 0.25) is 5.91 Å². The van der Waals surface area contributed by atoms with Crippen LogP contribution in [-0.2, 0) is 9.59 Å². The van der Waals surface area contributed by atoms with E-state index in [0.29, 0.717) is 0 Å². The highest BCUT2D eigenvalue weighted by Crippen LogP contribution is 2.08. The Morgan fingerprint density at radius 2 is 2.21 bits per heavy atom. The molecule has 0 spiro atoms. The van der Waals surface area contributed by atoms with Crippen molar-refractivity contribution in [3.8, 4) is 0 Å². The predicted octanol–water partition coefficient (Wildman–Crippen LogP) is -0.199. The highest BCUT2D eigenvalue weighted by molar-refractivity contribution is 5.88. The standard InChI is InChI=1S/C12H20N4O3/c1-3-7(2)10(13)11(17)16-9(12(18)19)4-8-5-14-6-15-8/h5-10H,3-4,13H2,1-2H3,(H,16,17)(H,18,19)/t7-,8-,9-,10+/m1/s1. The van der Waals surface area contributed by atoms with Crippen molar-refractivity contribution in [1.29, 1.82) is 0 Å². The van der Waals surface area contributed by atoms with Crippen LogP contribution in [0.2, 0.25) is 0 Å². The van der Waals surface area contributed by atoms with Crippen LogP contribution in [0.5, 0.6) is 0 Å². The van der Waals surface area contributed by atoms with E-state index in [1.54, 1.807) is 6.21 Å². The number of hydrogen-bond acceptors (Lipinski definition) is 5. The molecular weight excluding hydrogens is 248 g/mol. The van der Waals surface area contributed by atoms with Crippen LogP contribution in [0, 0.1) is 5.92 Å². The summed E-state index contributed by atoms with van der Waals surface area (Å²) in [5.41, 5.74) is 5.77. The van der Waals surface area contributed by atoms with E-state index in [0.717, 1.165) is 6.42 Å². The summed E-state index contributed by atoms with van der Waals surface area (Å²) in [4.78, 5) is 30.7. The van der Waals surface area contributed by atoms with Crippen molar-refractivity contribution in [1.82, 2.24) is 5.32 Å². The van der Waals surface area contributed by atoms with Crippen LogP contribution in [0.4, 0.5) is 0 Å². The quantitative estimate of drug-likeness (QED) is 0.592. The van der Waals surface area contributed by atoms with E-state index >= 15 is 0 Å². The zero-order valence-corrected chi connectivity index (χ0v) is 11.1. The molecule has 7 nitrogen and oxygen atoms in total. The molecule has 19 heavy (non-hydrogen) atoms. The van der Waals surface area contributed by atoms with Crippen LogP contribution < -0.4 is 11.1 Å². The summed E-state index contributed by atoms with van der Waals surface area (Å²) in [6.45, 7) is 3.78. The fraction of sp³-hybridized carbons (Fsp3) is 0.667. The van der Waals surface area contributed by atoms with Crippen molar-refractivity contribution in [3.63, 3.8) is 0 Å². The van der Waals surface area contributed by atoms with Gasteiger partial charge in [-0.3, -0.25) is 9.79 Å². The number of hydrogen-bond donors (Lipinski definition) is 3. The van der Waals surface area contributed by atoms with Gasteiger partial charge in [-0.2, -0.15) is 0 Å². The van der Waals surface area contributed by atoms with Gasteiger partial charge in [0.1, 0.15) is 12.4 Å². The molecule has 0 aromatic heterocycles. The van der Waals surface area contributed by atoms with Gasteiger partial charge >= 0.3 is 5.97 Å². The van der Waals surface area contributed by atoms with E-state index in [1.807, 2.05) is 13.8 Å². The Kier molecular flexibility index (Phi) is 5.62. The van der Waals surface area contributed by atoms with Crippen molar-refractivity contribution in [2.45, 2.75) is 44.8 Å². The summed E-state index contributed by atoms with van der Waals surface area (Å²) in [5, 5.41) is 11.6. The molecule has 0 radical (unpaired) electrons. The number of carboxylic acids is 1. The molecule has 1 aliphatic heterocycles. The maximum atomic E-state index is 11.9. The average Bonchev–Trinajstić information content (AvgIpc) is 2.88. The molecule has 4 atom stereocenters. The molecule has 1 aliphatic rings. The lowest BCUT2D eigenvalue weighted by Crippen LogP contribution is -2.51.